The Hall–Kier alpha value is -3.39. The summed E-state index contributed by atoms with van der Waals surface area (Å²) in [6.45, 7) is 9.06. The van der Waals surface area contributed by atoms with Crippen molar-refractivity contribution >= 4 is 5.69 Å². The van der Waals surface area contributed by atoms with Gasteiger partial charge in [-0.1, -0.05) is 119 Å². The zero-order chi connectivity index (χ0) is 24.6. The molecule has 2 heteroatoms. The highest BCUT2D eigenvalue weighted by atomic mass is 15.0. The largest absolute Gasteiger partial charge is 0.372 e. The number of hydrogen-bond donors (Lipinski definition) is 1. The Kier molecular flexibility index (Phi) is 8.36. The summed E-state index contributed by atoms with van der Waals surface area (Å²) >= 11 is 0. The third-order valence-electron chi connectivity index (χ3n) is 6.63. The lowest BCUT2D eigenvalue weighted by Gasteiger charge is -2.27. The van der Waals surface area contributed by atoms with Crippen LogP contribution >= 0.6 is 0 Å². The molecule has 3 aromatic carbocycles. The molecule has 35 heavy (non-hydrogen) atoms. The van der Waals surface area contributed by atoms with Crippen molar-refractivity contribution in [2.24, 2.45) is 0 Å². The number of para-hydroxylation sites is 1. The number of nitrogens with zero attached hydrogens (tertiary/aromatic N) is 1. The lowest BCUT2D eigenvalue weighted by atomic mass is 9.90. The molecule has 0 aliphatic heterocycles. The molecule has 0 aliphatic carbocycles. The van der Waals surface area contributed by atoms with Crippen molar-refractivity contribution in [3.8, 4) is 11.3 Å². The molecule has 4 rings (SSSR count). The topological polar surface area (TPSA) is 24.9 Å². The molecular formula is C33H38N2. The van der Waals surface area contributed by atoms with Gasteiger partial charge in [0.15, 0.2) is 0 Å². The monoisotopic (exact) mass is 462 g/mol. The summed E-state index contributed by atoms with van der Waals surface area (Å²) in [5.41, 5.74) is 9.93. The van der Waals surface area contributed by atoms with Crippen LogP contribution in [0.3, 0.4) is 0 Å². The van der Waals surface area contributed by atoms with Crippen LogP contribution in [-0.4, -0.2) is 4.98 Å². The minimum atomic E-state index is -0.0362. The van der Waals surface area contributed by atoms with Crippen LogP contribution in [0.15, 0.2) is 91.0 Å². The first-order valence-electron chi connectivity index (χ1n) is 13.1. The first-order valence-corrected chi connectivity index (χ1v) is 13.1. The molecule has 2 nitrogen and oxygen atoms in total. The molecule has 0 saturated carbocycles. The van der Waals surface area contributed by atoms with Crippen LogP contribution in [0.5, 0.6) is 0 Å². The van der Waals surface area contributed by atoms with E-state index in [1.807, 2.05) is 0 Å². The molecule has 1 heterocycles. The second kappa shape index (κ2) is 11.8. The zero-order valence-corrected chi connectivity index (χ0v) is 21.6. The van der Waals surface area contributed by atoms with Crippen LogP contribution in [-0.2, 0) is 12.8 Å². The summed E-state index contributed by atoms with van der Waals surface area (Å²) in [6, 6.07) is 32.5. The third-order valence-corrected chi connectivity index (χ3v) is 6.63. The lowest BCUT2D eigenvalue weighted by Crippen LogP contribution is -2.18. The van der Waals surface area contributed by atoms with Gasteiger partial charge in [0.25, 0.3) is 0 Å². The van der Waals surface area contributed by atoms with E-state index in [1.54, 1.807) is 0 Å². The molecule has 0 aliphatic rings. The molecule has 0 spiro atoms. The zero-order valence-electron chi connectivity index (χ0n) is 21.6. The predicted octanol–water partition coefficient (Wildman–Crippen LogP) is 8.98. The normalized spacial score (nSPS) is 12.0. The Balaban J connectivity index is 1.87. The Morgan fingerprint density at radius 2 is 1.26 bits per heavy atom. The van der Waals surface area contributed by atoms with E-state index < -0.39 is 0 Å². The van der Waals surface area contributed by atoms with E-state index in [1.165, 1.54) is 27.9 Å². The van der Waals surface area contributed by atoms with Crippen molar-refractivity contribution in [1.29, 1.82) is 0 Å². The van der Waals surface area contributed by atoms with E-state index in [0.29, 0.717) is 5.92 Å². The summed E-state index contributed by atoms with van der Waals surface area (Å²) in [5.74, 6) is 0.425. The van der Waals surface area contributed by atoms with Crippen molar-refractivity contribution in [2.45, 2.75) is 65.3 Å². The number of benzene rings is 3. The Bertz CT molecular complexity index is 1200. The van der Waals surface area contributed by atoms with Gasteiger partial charge in [0.2, 0.25) is 0 Å². The molecule has 4 aromatic rings. The molecule has 0 fully saturated rings. The quantitative estimate of drug-likeness (QED) is 0.254. The van der Waals surface area contributed by atoms with Crippen molar-refractivity contribution in [1.82, 2.24) is 4.98 Å². The fourth-order valence-corrected chi connectivity index (χ4v) is 4.93. The molecule has 0 radical (unpaired) electrons. The first-order chi connectivity index (χ1) is 17.1. The summed E-state index contributed by atoms with van der Waals surface area (Å²) in [4.78, 5) is 5.21. The van der Waals surface area contributed by atoms with Crippen molar-refractivity contribution in [3.63, 3.8) is 0 Å². The average molecular weight is 463 g/mol. The van der Waals surface area contributed by atoms with Crippen LogP contribution in [0.25, 0.3) is 11.3 Å². The molecule has 0 bridgehead atoms. The van der Waals surface area contributed by atoms with Crippen LogP contribution < -0.4 is 5.32 Å². The van der Waals surface area contributed by atoms with Gasteiger partial charge in [-0.25, -0.2) is 0 Å². The van der Waals surface area contributed by atoms with Gasteiger partial charge in [0, 0.05) is 11.3 Å². The minimum absolute atomic E-state index is 0.0362. The number of nitrogens with one attached hydrogen (secondary N) is 1. The van der Waals surface area contributed by atoms with E-state index in [9.17, 15) is 0 Å². The summed E-state index contributed by atoms with van der Waals surface area (Å²) in [7, 11) is 0. The van der Waals surface area contributed by atoms with Crippen LogP contribution in [0.4, 0.5) is 5.69 Å². The second-order valence-electron chi connectivity index (χ2n) is 9.63. The van der Waals surface area contributed by atoms with Crippen LogP contribution in [0, 0.1) is 0 Å². The van der Waals surface area contributed by atoms with Gasteiger partial charge in [-0.3, -0.25) is 4.98 Å². The third kappa shape index (κ3) is 5.82. The Labute approximate surface area is 211 Å². The second-order valence-corrected chi connectivity index (χ2v) is 9.63. The molecule has 1 atom stereocenters. The maximum absolute atomic E-state index is 5.21. The highest BCUT2D eigenvalue weighted by Gasteiger charge is 2.22. The molecule has 0 amide bonds. The lowest BCUT2D eigenvalue weighted by molar-refractivity contribution is 0.799. The van der Waals surface area contributed by atoms with E-state index in [2.05, 4.69) is 124 Å². The van der Waals surface area contributed by atoms with Crippen molar-refractivity contribution < 1.29 is 0 Å². The first kappa shape index (κ1) is 24.7. The molecule has 180 valence electrons. The summed E-state index contributed by atoms with van der Waals surface area (Å²) in [5, 5.41) is 4.03. The predicted molar refractivity (Wildman–Crippen MR) is 150 cm³/mol. The molecule has 1 aromatic heterocycles. The van der Waals surface area contributed by atoms with E-state index in [0.717, 1.165) is 42.6 Å². The van der Waals surface area contributed by atoms with Gasteiger partial charge in [-0.15, -0.1) is 0 Å². The van der Waals surface area contributed by atoms with Gasteiger partial charge >= 0.3 is 0 Å². The average Bonchev–Trinajstić information content (AvgIpc) is 2.89. The highest BCUT2D eigenvalue weighted by Crippen LogP contribution is 2.35. The Morgan fingerprint density at radius 3 is 1.89 bits per heavy atom. The maximum atomic E-state index is 5.21. The van der Waals surface area contributed by atoms with Gasteiger partial charge < -0.3 is 5.32 Å². The Morgan fingerprint density at radius 1 is 0.657 bits per heavy atom. The molecule has 1 N–H and O–H groups in total. The summed E-state index contributed by atoms with van der Waals surface area (Å²) in [6.07, 6.45) is 4.38. The summed E-state index contributed by atoms with van der Waals surface area (Å²) < 4.78 is 0. The number of aromatic nitrogens is 1. The molecule has 0 saturated heterocycles. The number of pyridine rings is 1. The van der Waals surface area contributed by atoms with Crippen molar-refractivity contribution in [3.05, 3.63) is 119 Å². The number of hydrogen-bond acceptors (Lipinski definition) is 2. The fraction of sp³-hybridized carbons (Fsp3) is 0.303. The highest BCUT2D eigenvalue weighted by molar-refractivity contribution is 5.62. The number of anilines is 1. The molecule has 1 unspecified atom stereocenters. The number of rotatable bonds is 10. The standard InChI is InChI=1S/C33H38N2/c1-5-14-26-18-12-19-27(15-6-2)32(26)35-33(29-21-11-10-20-28(29)24(3)4)31-23-13-22-30(34-31)25-16-8-7-9-17-25/h7-13,16-24,33,35H,5-6,14-15H2,1-4H3. The number of aryl methyl sites for hydroxylation is 2. The fourth-order valence-electron chi connectivity index (χ4n) is 4.93. The maximum Gasteiger partial charge on any atom is 0.0943 e. The van der Waals surface area contributed by atoms with Gasteiger partial charge in [-0.2, -0.15) is 0 Å². The van der Waals surface area contributed by atoms with E-state index in [4.69, 9.17) is 4.98 Å². The van der Waals surface area contributed by atoms with E-state index in [-0.39, 0.29) is 6.04 Å². The van der Waals surface area contributed by atoms with Gasteiger partial charge in [0.05, 0.1) is 17.4 Å². The van der Waals surface area contributed by atoms with E-state index >= 15 is 0 Å². The van der Waals surface area contributed by atoms with Crippen LogP contribution in [0.2, 0.25) is 0 Å². The minimum Gasteiger partial charge on any atom is -0.372 e. The van der Waals surface area contributed by atoms with Crippen LogP contribution in [0.1, 0.15) is 80.4 Å². The van der Waals surface area contributed by atoms with Gasteiger partial charge in [-0.05, 0) is 53.1 Å². The van der Waals surface area contributed by atoms with Gasteiger partial charge in [0.1, 0.15) is 0 Å². The molecular weight excluding hydrogens is 424 g/mol. The SMILES string of the molecule is CCCc1cccc(CCC)c1NC(c1cccc(-c2ccccc2)n1)c1ccccc1C(C)C. The smallest absolute Gasteiger partial charge is 0.0943 e. The van der Waals surface area contributed by atoms with Crippen molar-refractivity contribution in [2.75, 3.05) is 5.32 Å².